The van der Waals surface area contributed by atoms with Crippen LogP contribution in [-0.4, -0.2) is 43.5 Å². The van der Waals surface area contributed by atoms with Crippen molar-refractivity contribution < 1.29 is 18.3 Å². The normalized spacial score (nSPS) is 31.5. The third-order valence-electron chi connectivity index (χ3n) is 5.18. The highest BCUT2D eigenvalue weighted by Crippen LogP contribution is 2.39. The van der Waals surface area contributed by atoms with E-state index in [0.717, 1.165) is 25.7 Å². The average molecular weight is 463 g/mol. The molecule has 4 atom stereocenters. The van der Waals surface area contributed by atoms with E-state index in [9.17, 15) is 18.3 Å². The Morgan fingerprint density at radius 3 is 2.33 bits per heavy atom. The summed E-state index contributed by atoms with van der Waals surface area (Å²) in [5, 5.41) is 16.1. The van der Waals surface area contributed by atoms with Crippen molar-refractivity contribution in [2.45, 2.75) is 57.2 Å². The van der Waals surface area contributed by atoms with Crippen LogP contribution in [0.4, 0.5) is 13.2 Å². The van der Waals surface area contributed by atoms with Gasteiger partial charge in [-0.05, 0) is 38.0 Å². The van der Waals surface area contributed by atoms with Gasteiger partial charge in [-0.3, -0.25) is 4.99 Å². The fourth-order valence-corrected chi connectivity index (χ4v) is 3.72. The van der Waals surface area contributed by atoms with Crippen molar-refractivity contribution in [1.82, 2.24) is 10.6 Å². The molecule has 0 bridgehead atoms. The quantitative estimate of drug-likeness (QED) is 0.341. The molecule has 2 fully saturated rings. The molecule has 2 aliphatic carbocycles. The Hall–Kier alpha value is -0.250. The summed E-state index contributed by atoms with van der Waals surface area (Å²) in [6, 6.07) is 0. The smallest absolute Gasteiger partial charge is 0.391 e. The second-order valence-corrected chi connectivity index (χ2v) is 6.86. The highest BCUT2D eigenvalue weighted by molar-refractivity contribution is 14.0. The molecule has 8 heteroatoms. The molecule has 2 aliphatic rings. The van der Waals surface area contributed by atoms with E-state index in [1.807, 2.05) is 0 Å². The summed E-state index contributed by atoms with van der Waals surface area (Å²) in [4.78, 5) is 4.12. The Kier molecular flexibility index (Phi) is 9.11. The van der Waals surface area contributed by atoms with Gasteiger partial charge >= 0.3 is 6.18 Å². The highest BCUT2D eigenvalue weighted by Gasteiger charge is 2.42. The third kappa shape index (κ3) is 6.57. The van der Waals surface area contributed by atoms with Gasteiger partial charge in [0.2, 0.25) is 0 Å². The van der Waals surface area contributed by atoms with Crippen molar-refractivity contribution >= 4 is 29.9 Å². The standard InChI is InChI=1S/C16H28F3N3O.HI/c1-20-15(22-10-12-5-3-7-14(12)23)21-9-11-4-2-6-13(8-11)16(17,18)19;/h11-14,23H,2-10H2,1H3,(H2,20,21,22);1H. The molecule has 2 saturated carbocycles. The number of nitrogens with zero attached hydrogens (tertiary/aromatic N) is 1. The van der Waals surface area contributed by atoms with Crippen molar-refractivity contribution in [1.29, 1.82) is 0 Å². The van der Waals surface area contributed by atoms with Gasteiger partial charge in [-0.15, -0.1) is 24.0 Å². The number of hydrogen-bond donors (Lipinski definition) is 3. The Bertz CT molecular complexity index is 407. The first-order chi connectivity index (χ1) is 10.9. The first kappa shape index (κ1) is 21.8. The molecule has 4 nitrogen and oxygen atoms in total. The number of aliphatic imine (C=N–C) groups is 1. The van der Waals surface area contributed by atoms with Crippen LogP contribution in [0.2, 0.25) is 0 Å². The minimum absolute atomic E-state index is 0. The Morgan fingerprint density at radius 1 is 1.08 bits per heavy atom. The van der Waals surface area contributed by atoms with E-state index in [0.29, 0.717) is 25.5 Å². The molecule has 0 aromatic rings. The summed E-state index contributed by atoms with van der Waals surface area (Å²) >= 11 is 0. The molecule has 0 amide bonds. The fourth-order valence-electron chi connectivity index (χ4n) is 3.72. The summed E-state index contributed by atoms with van der Waals surface area (Å²) < 4.78 is 38.5. The molecule has 0 aromatic heterocycles. The average Bonchev–Trinajstić information content (AvgIpc) is 2.92. The SMILES string of the molecule is CN=C(NCC1CCCC(C(F)(F)F)C1)NCC1CCCC1O.I. The first-order valence-electron chi connectivity index (χ1n) is 8.59. The number of alkyl halides is 3. The van der Waals surface area contributed by atoms with Crippen molar-refractivity contribution in [2.24, 2.45) is 22.7 Å². The van der Waals surface area contributed by atoms with E-state index >= 15 is 0 Å². The second kappa shape index (κ2) is 10.0. The Balaban J connectivity index is 0.00000288. The van der Waals surface area contributed by atoms with Crippen molar-refractivity contribution in [2.75, 3.05) is 20.1 Å². The topological polar surface area (TPSA) is 56.7 Å². The zero-order valence-electron chi connectivity index (χ0n) is 14.1. The number of guanidine groups is 1. The van der Waals surface area contributed by atoms with E-state index in [4.69, 9.17) is 0 Å². The lowest BCUT2D eigenvalue weighted by atomic mass is 9.81. The van der Waals surface area contributed by atoms with E-state index in [2.05, 4.69) is 15.6 Å². The zero-order chi connectivity index (χ0) is 16.9. The van der Waals surface area contributed by atoms with Gasteiger partial charge < -0.3 is 15.7 Å². The monoisotopic (exact) mass is 463 g/mol. The zero-order valence-corrected chi connectivity index (χ0v) is 16.4. The van der Waals surface area contributed by atoms with Gasteiger partial charge in [0.25, 0.3) is 0 Å². The van der Waals surface area contributed by atoms with Crippen LogP contribution < -0.4 is 10.6 Å². The maximum Gasteiger partial charge on any atom is 0.391 e. The molecule has 2 rings (SSSR count). The molecule has 4 unspecified atom stereocenters. The lowest BCUT2D eigenvalue weighted by molar-refractivity contribution is -0.185. The van der Waals surface area contributed by atoms with Crippen LogP contribution in [0.25, 0.3) is 0 Å². The minimum atomic E-state index is -4.07. The van der Waals surface area contributed by atoms with Crippen LogP contribution in [0, 0.1) is 17.8 Å². The summed E-state index contributed by atoms with van der Waals surface area (Å²) in [6.07, 6.45) is 0.486. The van der Waals surface area contributed by atoms with Gasteiger partial charge in [0.15, 0.2) is 5.96 Å². The van der Waals surface area contributed by atoms with Crippen LogP contribution in [0.15, 0.2) is 4.99 Å². The molecular formula is C16H29F3IN3O. The molecular weight excluding hydrogens is 434 g/mol. The molecule has 142 valence electrons. The van der Waals surface area contributed by atoms with Gasteiger partial charge in [-0.25, -0.2) is 0 Å². The summed E-state index contributed by atoms with van der Waals surface area (Å²) in [7, 11) is 1.65. The van der Waals surface area contributed by atoms with Gasteiger partial charge in [-0.2, -0.15) is 13.2 Å². The van der Waals surface area contributed by atoms with Crippen LogP contribution >= 0.6 is 24.0 Å². The summed E-state index contributed by atoms with van der Waals surface area (Å²) in [6.45, 7) is 1.16. The first-order valence-corrected chi connectivity index (χ1v) is 8.59. The second-order valence-electron chi connectivity index (χ2n) is 6.86. The predicted molar refractivity (Wildman–Crippen MR) is 99.6 cm³/mol. The highest BCUT2D eigenvalue weighted by atomic mass is 127. The van der Waals surface area contributed by atoms with Gasteiger partial charge in [0, 0.05) is 26.1 Å². The molecule has 0 radical (unpaired) electrons. The van der Waals surface area contributed by atoms with Crippen LogP contribution in [0.3, 0.4) is 0 Å². The van der Waals surface area contributed by atoms with Crippen molar-refractivity contribution in [3.8, 4) is 0 Å². The summed E-state index contributed by atoms with van der Waals surface area (Å²) in [5.41, 5.74) is 0. The van der Waals surface area contributed by atoms with Gasteiger partial charge in [0.1, 0.15) is 0 Å². The fraction of sp³-hybridized carbons (Fsp3) is 0.938. The lowest BCUT2D eigenvalue weighted by Crippen LogP contribution is -2.43. The maximum absolute atomic E-state index is 12.8. The van der Waals surface area contributed by atoms with Gasteiger partial charge in [-0.1, -0.05) is 12.8 Å². The Morgan fingerprint density at radius 2 is 1.75 bits per heavy atom. The Labute approximate surface area is 159 Å². The minimum Gasteiger partial charge on any atom is -0.393 e. The number of rotatable bonds is 4. The summed E-state index contributed by atoms with van der Waals surface area (Å²) in [5.74, 6) is -0.284. The predicted octanol–water partition coefficient (Wildman–Crippen LogP) is 3.30. The van der Waals surface area contributed by atoms with E-state index in [1.54, 1.807) is 7.05 Å². The molecule has 0 heterocycles. The van der Waals surface area contributed by atoms with E-state index in [1.165, 1.54) is 0 Å². The maximum atomic E-state index is 12.8. The molecule has 0 saturated heterocycles. The molecule has 0 aliphatic heterocycles. The van der Waals surface area contributed by atoms with Crippen LogP contribution in [-0.2, 0) is 0 Å². The van der Waals surface area contributed by atoms with Crippen molar-refractivity contribution in [3.63, 3.8) is 0 Å². The van der Waals surface area contributed by atoms with Crippen LogP contribution in [0.1, 0.15) is 44.9 Å². The molecule has 0 spiro atoms. The van der Waals surface area contributed by atoms with Crippen molar-refractivity contribution in [3.05, 3.63) is 0 Å². The van der Waals surface area contributed by atoms with Gasteiger partial charge in [0.05, 0.1) is 12.0 Å². The third-order valence-corrected chi connectivity index (χ3v) is 5.18. The number of aliphatic hydroxyl groups excluding tert-OH is 1. The number of halogens is 4. The molecule has 24 heavy (non-hydrogen) atoms. The number of nitrogens with one attached hydrogen (secondary N) is 2. The molecule has 0 aromatic carbocycles. The van der Waals surface area contributed by atoms with Crippen LogP contribution in [0.5, 0.6) is 0 Å². The largest absolute Gasteiger partial charge is 0.393 e. The lowest BCUT2D eigenvalue weighted by Gasteiger charge is -2.31. The van der Waals surface area contributed by atoms with E-state index < -0.39 is 12.1 Å². The molecule has 3 N–H and O–H groups in total. The number of aliphatic hydroxyl groups is 1. The number of hydrogen-bond acceptors (Lipinski definition) is 2. The van der Waals surface area contributed by atoms with E-state index in [-0.39, 0.29) is 54.8 Å².